The second kappa shape index (κ2) is 14.7. The lowest BCUT2D eigenvalue weighted by Gasteiger charge is -2.36. The largest absolute Gasteiger partial charge is 0.450 e. The molecule has 2 saturated heterocycles. The number of nitrogens with two attached hydrogens (primary N) is 1. The summed E-state index contributed by atoms with van der Waals surface area (Å²) in [6.45, 7) is 11.7. The maximum atomic E-state index is 11.8. The molecule has 2 rings (SSSR count). The fraction of sp³-hybridized carbons (Fsp3) is 0.850. The Bertz CT molecular complexity index is 547. The van der Waals surface area contributed by atoms with Crippen LogP contribution in [0.2, 0.25) is 0 Å². The summed E-state index contributed by atoms with van der Waals surface area (Å²) >= 11 is 0. The minimum Gasteiger partial charge on any atom is -0.450 e. The van der Waals surface area contributed by atoms with E-state index in [1.807, 2.05) is 6.92 Å². The van der Waals surface area contributed by atoms with Crippen LogP contribution in [0.25, 0.3) is 0 Å². The lowest BCUT2D eigenvalue weighted by atomic mass is 9.96. The average Bonchev–Trinajstić information content (AvgIpc) is 2.73. The lowest BCUT2D eigenvalue weighted by Crippen LogP contribution is -2.53. The summed E-state index contributed by atoms with van der Waals surface area (Å²) < 4.78 is 5.08. The summed E-state index contributed by atoms with van der Waals surface area (Å²) in [4.78, 5) is 34.2. The van der Waals surface area contributed by atoms with Gasteiger partial charge < -0.3 is 30.5 Å². The Morgan fingerprint density at radius 3 is 2.23 bits per heavy atom. The van der Waals surface area contributed by atoms with Gasteiger partial charge in [0.05, 0.1) is 6.61 Å². The highest BCUT2D eigenvalue weighted by molar-refractivity contribution is 14.0. The number of halogens is 1. The highest BCUT2D eigenvalue weighted by Crippen LogP contribution is 2.16. The molecule has 0 unspecified atom stereocenters. The number of piperidine rings is 1. The molecule has 0 atom stereocenters. The fourth-order valence-corrected chi connectivity index (χ4v) is 3.81. The minimum absolute atomic E-state index is 0. The maximum absolute atomic E-state index is 11.8. The van der Waals surface area contributed by atoms with Crippen molar-refractivity contribution in [2.24, 2.45) is 16.6 Å². The van der Waals surface area contributed by atoms with Gasteiger partial charge in [-0.05, 0) is 59.2 Å². The molecule has 0 aliphatic carbocycles. The monoisotopic (exact) mass is 538 g/mol. The van der Waals surface area contributed by atoms with Crippen LogP contribution >= 0.6 is 24.0 Å². The van der Waals surface area contributed by atoms with E-state index in [1.54, 1.807) is 4.90 Å². The Kier molecular flexibility index (Phi) is 13.1. The van der Waals surface area contributed by atoms with Crippen LogP contribution in [0.5, 0.6) is 0 Å². The second-order valence-electron chi connectivity index (χ2n) is 7.63. The van der Waals surface area contributed by atoms with Crippen molar-refractivity contribution in [2.75, 3.05) is 65.5 Å². The average molecular weight is 538 g/mol. The molecule has 0 spiro atoms. The van der Waals surface area contributed by atoms with Crippen LogP contribution in [0.4, 0.5) is 4.79 Å². The molecule has 0 bridgehead atoms. The van der Waals surface area contributed by atoms with Crippen LogP contribution in [-0.2, 0) is 9.53 Å². The van der Waals surface area contributed by atoms with Crippen molar-refractivity contribution in [3.8, 4) is 0 Å². The van der Waals surface area contributed by atoms with E-state index in [-0.39, 0.29) is 41.9 Å². The number of hydrogen-bond donors (Lipinski definition) is 2. The number of hydrogen-bond acceptors (Lipinski definition) is 5. The lowest BCUT2D eigenvalue weighted by molar-refractivity contribution is -0.123. The zero-order chi connectivity index (χ0) is 21.1. The van der Waals surface area contributed by atoms with Gasteiger partial charge >= 0.3 is 6.09 Å². The SMILES string of the molecule is CCNC(=NCCCCN1CCC(C(N)=O)CC1)N1CCN(C(=O)OCC)CC1.I. The number of guanidine groups is 1. The van der Waals surface area contributed by atoms with Gasteiger partial charge in [0, 0.05) is 45.2 Å². The van der Waals surface area contributed by atoms with Crippen LogP contribution < -0.4 is 11.1 Å². The van der Waals surface area contributed by atoms with E-state index in [0.29, 0.717) is 19.7 Å². The number of primary amides is 1. The van der Waals surface area contributed by atoms with Gasteiger partial charge in [0.1, 0.15) is 0 Å². The molecule has 2 aliphatic rings. The standard InChI is InChI=1S/C20H38N6O3.HI/c1-3-22-19(25-13-15-26(16-14-25)20(28)29-4-2)23-9-5-6-10-24-11-7-17(8-12-24)18(21)27;/h17H,3-16H2,1-2H3,(H2,21,27)(H,22,23);1H. The van der Waals surface area contributed by atoms with E-state index in [0.717, 1.165) is 77.5 Å². The van der Waals surface area contributed by atoms with E-state index in [9.17, 15) is 9.59 Å². The molecule has 0 radical (unpaired) electrons. The van der Waals surface area contributed by atoms with E-state index in [1.165, 1.54) is 0 Å². The molecular formula is C20H39IN6O3. The third-order valence-electron chi connectivity index (χ3n) is 5.57. The molecule has 3 N–H and O–H groups in total. The Labute approximate surface area is 197 Å². The maximum Gasteiger partial charge on any atom is 0.409 e. The molecule has 0 saturated carbocycles. The van der Waals surface area contributed by atoms with Crippen LogP contribution in [0.3, 0.4) is 0 Å². The van der Waals surface area contributed by atoms with Crippen LogP contribution in [0.15, 0.2) is 4.99 Å². The van der Waals surface area contributed by atoms with Gasteiger partial charge in [0.15, 0.2) is 5.96 Å². The van der Waals surface area contributed by atoms with Crippen molar-refractivity contribution in [3.05, 3.63) is 0 Å². The third-order valence-corrected chi connectivity index (χ3v) is 5.57. The number of likely N-dealkylation sites (tertiary alicyclic amines) is 1. The van der Waals surface area contributed by atoms with Crippen molar-refractivity contribution in [3.63, 3.8) is 0 Å². The highest BCUT2D eigenvalue weighted by Gasteiger charge is 2.24. The second-order valence-corrected chi connectivity index (χ2v) is 7.63. The first kappa shape index (κ1) is 26.7. The number of rotatable bonds is 8. The summed E-state index contributed by atoms with van der Waals surface area (Å²) in [5, 5.41) is 3.36. The molecule has 174 valence electrons. The van der Waals surface area contributed by atoms with Gasteiger partial charge in [-0.2, -0.15) is 0 Å². The first-order valence-electron chi connectivity index (χ1n) is 11.0. The third kappa shape index (κ3) is 8.83. The van der Waals surface area contributed by atoms with E-state index < -0.39 is 0 Å². The molecule has 2 heterocycles. The van der Waals surface area contributed by atoms with Crippen LogP contribution in [0.1, 0.15) is 39.5 Å². The van der Waals surface area contributed by atoms with Gasteiger partial charge in [-0.25, -0.2) is 4.79 Å². The van der Waals surface area contributed by atoms with Crippen LogP contribution in [-0.4, -0.2) is 98.2 Å². The van der Waals surface area contributed by atoms with Gasteiger partial charge in [-0.1, -0.05) is 0 Å². The van der Waals surface area contributed by atoms with E-state index >= 15 is 0 Å². The van der Waals surface area contributed by atoms with Crippen molar-refractivity contribution >= 4 is 41.9 Å². The number of nitrogens with one attached hydrogen (secondary N) is 1. The molecule has 0 aromatic heterocycles. The Morgan fingerprint density at radius 1 is 1.03 bits per heavy atom. The molecule has 30 heavy (non-hydrogen) atoms. The van der Waals surface area contributed by atoms with Crippen LogP contribution in [0, 0.1) is 5.92 Å². The summed E-state index contributed by atoms with van der Waals surface area (Å²) in [6.07, 6.45) is 3.67. The minimum atomic E-state index is -0.228. The fourth-order valence-electron chi connectivity index (χ4n) is 3.81. The molecule has 2 aliphatic heterocycles. The molecule has 2 fully saturated rings. The van der Waals surface area contributed by atoms with Gasteiger partial charge in [0.25, 0.3) is 0 Å². The van der Waals surface area contributed by atoms with Crippen molar-refractivity contribution in [1.82, 2.24) is 20.0 Å². The van der Waals surface area contributed by atoms with Crippen molar-refractivity contribution < 1.29 is 14.3 Å². The number of carbonyl (C=O) groups excluding carboxylic acids is 2. The molecular weight excluding hydrogens is 499 g/mol. The molecule has 0 aromatic carbocycles. The quantitative estimate of drug-likeness (QED) is 0.209. The Hall–Kier alpha value is -1.30. The van der Waals surface area contributed by atoms with E-state index in [4.69, 9.17) is 15.5 Å². The topological polar surface area (TPSA) is 103 Å². The number of aliphatic imine (C=N–C) groups is 1. The Morgan fingerprint density at radius 2 is 1.67 bits per heavy atom. The highest BCUT2D eigenvalue weighted by atomic mass is 127. The summed E-state index contributed by atoms with van der Waals surface area (Å²) in [7, 11) is 0. The van der Waals surface area contributed by atoms with Crippen molar-refractivity contribution in [1.29, 1.82) is 0 Å². The van der Waals surface area contributed by atoms with Crippen molar-refractivity contribution in [2.45, 2.75) is 39.5 Å². The first-order valence-corrected chi connectivity index (χ1v) is 11.0. The summed E-state index contributed by atoms with van der Waals surface area (Å²) in [5.74, 6) is 0.833. The number of nitrogens with zero attached hydrogens (tertiary/aromatic N) is 4. The number of carbonyl (C=O) groups is 2. The molecule has 9 nitrogen and oxygen atoms in total. The number of piperazine rings is 1. The predicted octanol–water partition coefficient (Wildman–Crippen LogP) is 1.32. The van der Waals surface area contributed by atoms with Gasteiger partial charge in [-0.15, -0.1) is 24.0 Å². The van der Waals surface area contributed by atoms with Gasteiger partial charge in [0.2, 0.25) is 5.91 Å². The zero-order valence-corrected chi connectivity index (χ0v) is 20.8. The predicted molar refractivity (Wildman–Crippen MR) is 129 cm³/mol. The number of ether oxygens (including phenoxy) is 1. The van der Waals surface area contributed by atoms with Gasteiger partial charge in [-0.3, -0.25) is 9.79 Å². The smallest absolute Gasteiger partial charge is 0.409 e. The van der Waals surface area contributed by atoms with E-state index in [2.05, 4.69) is 22.0 Å². The molecule has 2 amide bonds. The number of amides is 2. The zero-order valence-electron chi connectivity index (χ0n) is 18.5. The normalized spacial score (nSPS) is 18.7. The molecule has 10 heteroatoms. The molecule has 0 aromatic rings. The summed E-state index contributed by atoms with van der Waals surface area (Å²) in [6, 6.07) is 0. The first-order chi connectivity index (χ1) is 14.0. The number of unbranched alkanes of at least 4 members (excludes halogenated alkanes) is 1. The Balaban J connectivity index is 0.00000450. The summed E-state index contributed by atoms with van der Waals surface area (Å²) in [5.41, 5.74) is 5.39.